The molecule has 0 aromatic carbocycles. The van der Waals surface area contributed by atoms with Gasteiger partial charge in [-0.15, -0.1) is 0 Å². The first kappa shape index (κ1) is 30.0. The van der Waals surface area contributed by atoms with Crippen molar-refractivity contribution in [1.29, 1.82) is 0 Å². The first-order valence-electron chi connectivity index (χ1n) is 7.15. The van der Waals surface area contributed by atoms with Gasteiger partial charge in [-0.2, -0.15) is 43.9 Å². The van der Waals surface area contributed by atoms with Gasteiger partial charge in [0.25, 0.3) is 0 Å². The summed E-state index contributed by atoms with van der Waals surface area (Å²) in [4.78, 5) is 0. The third-order valence-electron chi connectivity index (χ3n) is 3.52. The summed E-state index contributed by atoms with van der Waals surface area (Å²) in [7, 11) is -7.57. The molecule has 0 aromatic rings. The molecule has 0 aliphatic heterocycles. The zero-order valence-electron chi connectivity index (χ0n) is 14.2. The SMILES string of the molecule is CCCCCCCC(F)(F)C(F)(F)C(F)(F)C(F)(F)C(F)(F)S(=O)(=O)[O-].[K+]. The summed E-state index contributed by atoms with van der Waals surface area (Å²) in [5, 5.41) is -7.25. The number of alkyl halides is 10. The maximum absolute atomic E-state index is 13.4. The summed E-state index contributed by atoms with van der Waals surface area (Å²) < 4.78 is 162. The zero-order chi connectivity index (χ0) is 21.2. The van der Waals surface area contributed by atoms with Crippen molar-refractivity contribution in [3.05, 3.63) is 0 Å². The molecule has 0 aromatic heterocycles. The van der Waals surface area contributed by atoms with Crippen molar-refractivity contribution in [1.82, 2.24) is 0 Å². The standard InChI is InChI=1S/C12H16F10O3S.K/c1-2-3-4-5-6-7-8(13,14)9(15,16)10(17,18)11(19,20)12(21,22)26(23,24)25;/h2-7H2,1H3,(H,23,24,25);/q;+1/p-1. The van der Waals surface area contributed by atoms with Crippen LogP contribution in [0.25, 0.3) is 0 Å². The Labute approximate surface area is 191 Å². The molecule has 158 valence electrons. The molecule has 0 rings (SSSR count). The predicted octanol–water partition coefficient (Wildman–Crippen LogP) is 2.03. The van der Waals surface area contributed by atoms with Crippen molar-refractivity contribution in [3.63, 3.8) is 0 Å². The van der Waals surface area contributed by atoms with Gasteiger partial charge in [-0.1, -0.05) is 32.6 Å². The van der Waals surface area contributed by atoms with Crippen LogP contribution in [-0.4, -0.2) is 41.9 Å². The number of halogens is 10. The molecular formula is C12H15F10KO3S. The molecule has 0 N–H and O–H groups in total. The molecule has 0 saturated carbocycles. The molecule has 0 fully saturated rings. The van der Waals surface area contributed by atoms with Crippen molar-refractivity contribution >= 4 is 10.1 Å². The number of hydrogen-bond acceptors (Lipinski definition) is 3. The van der Waals surface area contributed by atoms with E-state index in [1.807, 2.05) is 0 Å². The fourth-order valence-electron chi connectivity index (χ4n) is 1.87. The predicted molar refractivity (Wildman–Crippen MR) is 67.8 cm³/mol. The quantitative estimate of drug-likeness (QED) is 0.202. The van der Waals surface area contributed by atoms with E-state index in [1.165, 1.54) is 0 Å². The minimum absolute atomic E-state index is 0. The van der Waals surface area contributed by atoms with Crippen molar-refractivity contribution in [3.8, 4) is 0 Å². The van der Waals surface area contributed by atoms with Crippen LogP contribution in [-0.2, 0) is 10.1 Å². The normalized spacial score (nSPS) is 14.8. The molecule has 0 spiro atoms. The van der Waals surface area contributed by atoms with Gasteiger partial charge in [0.15, 0.2) is 10.1 Å². The van der Waals surface area contributed by atoms with Crippen LogP contribution in [0, 0.1) is 0 Å². The largest absolute Gasteiger partial charge is 1.00 e. The van der Waals surface area contributed by atoms with Crippen molar-refractivity contribution < 1.29 is 108 Å². The molecule has 0 aliphatic carbocycles. The summed E-state index contributed by atoms with van der Waals surface area (Å²) in [6.45, 7) is 1.70. The van der Waals surface area contributed by atoms with Gasteiger partial charge >= 0.3 is 80.3 Å². The molecule has 0 atom stereocenters. The van der Waals surface area contributed by atoms with Crippen LogP contribution in [0.4, 0.5) is 43.9 Å². The Kier molecular flexibility index (Phi) is 10.9. The second-order valence-electron chi connectivity index (χ2n) is 5.56. The van der Waals surface area contributed by atoms with E-state index in [4.69, 9.17) is 0 Å². The van der Waals surface area contributed by atoms with Crippen LogP contribution in [0.15, 0.2) is 0 Å². The Bertz CT molecular complexity index is 580. The van der Waals surface area contributed by atoms with Crippen LogP contribution in [0.2, 0.25) is 0 Å². The molecule has 0 saturated heterocycles. The van der Waals surface area contributed by atoms with Gasteiger partial charge in [0.05, 0.1) is 0 Å². The number of unbranched alkanes of at least 4 members (excludes halogenated alkanes) is 4. The monoisotopic (exact) mass is 468 g/mol. The van der Waals surface area contributed by atoms with Crippen LogP contribution < -0.4 is 51.4 Å². The molecule has 0 bridgehead atoms. The maximum atomic E-state index is 13.4. The van der Waals surface area contributed by atoms with Crippen molar-refractivity contribution in [2.24, 2.45) is 0 Å². The molecule has 0 heterocycles. The fraction of sp³-hybridized carbons (Fsp3) is 1.00. The molecule has 3 nitrogen and oxygen atoms in total. The van der Waals surface area contributed by atoms with E-state index < -0.39 is 51.9 Å². The Hall–Kier alpha value is 0.846. The van der Waals surface area contributed by atoms with Gasteiger partial charge in [-0.3, -0.25) is 0 Å². The van der Waals surface area contributed by atoms with Gasteiger partial charge in [-0.25, -0.2) is 8.42 Å². The molecule has 15 heteroatoms. The minimum Gasteiger partial charge on any atom is -0.743 e. The maximum Gasteiger partial charge on any atom is 1.00 e. The summed E-state index contributed by atoms with van der Waals surface area (Å²) in [5.41, 5.74) is 0. The Balaban J connectivity index is 0. The summed E-state index contributed by atoms with van der Waals surface area (Å²) in [5.74, 6) is -28.0. The van der Waals surface area contributed by atoms with E-state index in [2.05, 4.69) is 0 Å². The van der Waals surface area contributed by atoms with E-state index in [1.54, 1.807) is 6.92 Å². The van der Waals surface area contributed by atoms with E-state index in [0.29, 0.717) is 12.8 Å². The average molecular weight is 468 g/mol. The van der Waals surface area contributed by atoms with Crippen LogP contribution >= 0.6 is 0 Å². The van der Waals surface area contributed by atoms with E-state index in [9.17, 15) is 56.9 Å². The molecule has 0 unspecified atom stereocenters. The zero-order valence-corrected chi connectivity index (χ0v) is 18.1. The smallest absolute Gasteiger partial charge is 0.743 e. The van der Waals surface area contributed by atoms with Crippen molar-refractivity contribution in [2.45, 2.75) is 74.4 Å². The van der Waals surface area contributed by atoms with Gasteiger partial charge in [0.2, 0.25) is 0 Å². The molecule has 27 heavy (non-hydrogen) atoms. The van der Waals surface area contributed by atoms with Crippen molar-refractivity contribution in [2.75, 3.05) is 0 Å². The molecule has 0 radical (unpaired) electrons. The van der Waals surface area contributed by atoms with Gasteiger partial charge in [0.1, 0.15) is 0 Å². The second kappa shape index (κ2) is 9.77. The summed E-state index contributed by atoms with van der Waals surface area (Å²) in [6, 6.07) is 0. The molecule has 0 amide bonds. The Morgan fingerprint density at radius 3 is 1.48 bits per heavy atom. The summed E-state index contributed by atoms with van der Waals surface area (Å²) in [6.07, 6.45) is -1.64. The van der Waals surface area contributed by atoms with Gasteiger partial charge in [0, 0.05) is 6.42 Å². The van der Waals surface area contributed by atoms with Crippen LogP contribution in [0.5, 0.6) is 0 Å². The summed E-state index contributed by atoms with van der Waals surface area (Å²) >= 11 is 0. The molecule has 0 aliphatic rings. The minimum atomic E-state index is -7.59. The van der Waals surface area contributed by atoms with E-state index >= 15 is 0 Å². The Morgan fingerprint density at radius 1 is 0.704 bits per heavy atom. The second-order valence-corrected chi connectivity index (χ2v) is 6.98. The van der Waals surface area contributed by atoms with Gasteiger partial charge in [-0.05, 0) is 6.42 Å². The average Bonchev–Trinajstić information content (AvgIpc) is 2.44. The molecular weight excluding hydrogens is 453 g/mol. The van der Waals surface area contributed by atoms with Crippen LogP contribution in [0.1, 0.15) is 45.4 Å². The number of hydrogen-bond donors (Lipinski definition) is 0. The van der Waals surface area contributed by atoms with E-state index in [0.717, 1.165) is 0 Å². The third kappa shape index (κ3) is 5.72. The number of rotatable bonds is 11. The first-order chi connectivity index (χ1) is 11.3. The van der Waals surface area contributed by atoms with E-state index in [-0.39, 0.29) is 64.2 Å². The topological polar surface area (TPSA) is 57.2 Å². The van der Waals surface area contributed by atoms with Crippen LogP contribution in [0.3, 0.4) is 0 Å². The Morgan fingerprint density at radius 2 is 1.11 bits per heavy atom. The fourth-order valence-corrected chi connectivity index (χ4v) is 2.32. The van der Waals surface area contributed by atoms with Gasteiger partial charge < -0.3 is 4.55 Å². The first-order valence-corrected chi connectivity index (χ1v) is 8.56. The third-order valence-corrected chi connectivity index (χ3v) is 4.41.